The number of carboxylic acids is 1. The summed E-state index contributed by atoms with van der Waals surface area (Å²) in [4.78, 5) is 10.8. The predicted molar refractivity (Wildman–Crippen MR) is 50.4 cm³/mol. The molecule has 82 valence electrons. The minimum Gasteiger partial charge on any atom is -0.505 e. The minimum absolute atomic E-state index is 0.0275. The first-order valence-electron chi connectivity index (χ1n) is 4.42. The molecule has 15 heavy (non-hydrogen) atoms. The zero-order chi connectivity index (χ0) is 11.6. The quantitative estimate of drug-likeness (QED) is 0.717. The Morgan fingerprint density at radius 3 is 2.53 bits per heavy atom. The van der Waals surface area contributed by atoms with Crippen LogP contribution in [-0.4, -0.2) is 21.3 Å². The van der Waals surface area contributed by atoms with Crippen LogP contribution < -0.4 is 0 Å². The molecule has 0 fully saturated rings. The van der Waals surface area contributed by atoms with Crippen molar-refractivity contribution in [1.82, 2.24) is 0 Å². The van der Waals surface area contributed by atoms with Gasteiger partial charge in [0.1, 0.15) is 0 Å². The molecule has 0 aromatic heterocycles. The van der Waals surface area contributed by atoms with Crippen molar-refractivity contribution < 1.29 is 24.5 Å². The van der Waals surface area contributed by atoms with Crippen LogP contribution in [0.4, 0.5) is 4.39 Å². The van der Waals surface area contributed by atoms with Crippen LogP contribution in [0, 0.1) is 5.82 Å². The number of aromatic hydroxyl groups is 2. The molecule has 5 heteroatoms. The van der Waals surface area contributed by atoms with E-state index in [-0.39, 0.29) is 12.0 Å². The number of hydrogen-bond donors (Lipinski definition) is 3. The van der Waals surface area contributed by atoms with E-state index in [4.69, 9.17) is 10.2 Å². The molecule has 1 aromatic carbocycles. The first-order valence-corrected chi connectivity index (χ1v) is 4.42. The van der Waals surface area contributed by atoms with Crippen LogP contribution in [0.1, 0.15) is 24.8 Å². The molecule has 0 aliphatic rings. The van der Waals surface area contributed by atoms with Gasteiger partial charge in [-0.15, -0.1) is 0 Å². The summed E-state index contributed by atoms with van der Waals surface area (Å²) in [7, 11) is 0. The highest BCUT2D eigenvalue weighted by atomic mass is 19.1. The van der Waals surface area contributed by atoms with E-state index in [9.17, 15) is 14.3 Å². The van der Waals surface area contributed by atoms with Crippen molar-refractivity contribution in [2.75, 3.05) is 0 Å². The maximum Gasteiger partial charge on any atom is 0.311 e. The number of rotatable bonds is 3. The van der Waals surface area contributed by atoms with Crippen molar-refractivity contribution in [3.8, 4) is 11.5 Å². The molecule has 1 rings (SSSR count). The van der Waals surface area contributed by atoms with Crippen molar-refractivity contribution in [1.29, 1.82) is 0 Å². The Kier molecular flexibility index (Phi) is 3.14. The lowest BCUT2D eigenvalue weighted by atomic mass is 9.95. The van der Waals surface area contributed by atoms with Gasteiger partial charge in [0, 0.05) is 5.56 Å². The molecule has 4 nitrogen and oxygen atoms in total. The van der Waals surface area contributed by atoms with Crippen LogP contribution in [0.3, 0.4) is 0 Å². The molecule has 0 saturated carbocycles. The van der Waals surface area contributed by atoms with Gasteiger partial charge in [-0.25, -0.2) is 0 Å². The lowest BCUT2D eigenvalue weighted by Gasteiger charge is -2.12. The zero-order valence-electron chi connectivity index (χ0n) is 8.07. The van der Waals surface area contributed by atoms with E-state index in [1.54, 1.807) is 6.92 Å². The van der Waals surface area contributed by atoms with E-state index >= 15 is 0 Å². The van der Waals surface area contributed by atoms with Crippen LogP contribution in [0.15, 0.2) is 12.1 Å². The molecular formula is C10H11FO4. The molecule has 0 spiro atoms. The SMILES string of the molecule is CCC(C(=O)O)c1ccc(O)c(F)c1O. The lowest BCUT2D eigenvalue weighted by molar-refractivity contribution is -0.138. The number of phenols is 2. The fraction of sp³-hybridized carbons (Fsp3) is 0.300. The third-order valence-electron chi connectivity index (χ3n) is 2.21. The van der Waals surface area contributed by atoms with Gasteiger partial charge in [0.05, 0.1) is 5.92 Å². The number of halogens is 1. The van der Waals surface area contributed by atoms with Gasteiger partial charge in [-0.3, -0.25) is 4.79 Å². The van der Waals surface area contributed by atoms with Gasteiger partial charge in [-0.2, -0.15) is 4.39 Å². The van der Waals surface area contributed by atoms with Crippen molar-refractivity contribution in [2.24, 2.45) is 0 Å². The largest absolute Gasteiger partial charge is 0.505 e. The molecule has 1 atom stereocenters. The normalized spacial score (nSPS) is 12.4. The second-order valence-electron chi connectivity index (χ2n) is 3.14. The predicted octanol–water partition coefficient (Wildman–Crippen LogP) is 1.82. The standard InChI is InChI=1S/C10H11FO4/c1-2-5(10(14)15)6-3-4-7(12)8(11)9(6)13/h3-5,12-13H,2H2,1H3,(H,14,15). The van der Waals surface area contributed by atoms with Gasteiger partial charge in [-0.05, 0) is 12.5 Å². The average Bonchev–Trinajstić information content (AvgIpc) is 2.18. The lowest BCUT2D eigenvalue weighted by Crippen LogP contribution is -2.11. The summed E-state index contributed by atoms with van der Waals surface area (Å²) in [5, 5.41) is 27.1. The summed E-state index contributed by atoms with van der Waals surface area (Å²) in [5.41, 5.74) is -0.0275. The highest BCUT2D eigenvalue weighted by Crippen LogP contribution is 2.34. The third kappa shape index (κ3) is 2.01. The molecule has 0 amide bonds. The van der Waals surface area contributed by atoms with Gasteiger partial charge < -0.3 is 15.3 Å². The van der Waals surface area contributed by atoms with Gasteiger partial charge in [0.2, 0.25) is 5.82 Å². The van der Waals surface area contributed by atoms with Gasteiger partial charge in [0.25, 0.3) is 0 Å². The topological polar surface area (TPSA) is 77.8 Å². The van der Waals surface area contributed by atoms with Gasteiger partial charge in [-0.1, -0.05) is 13.0 Å². The summed E-state index contributed by atoms with van der Waals surface area (Å²) in [6, 6.07) is 2.23. The van der Waals surface area contributed by atoms with Crippen molar-refractivity contribution in [3.05, 3.63) is 23.5 Å². The fourth-order valence-electron chi connectivity index (χ4n) is 1.38. The average molecular weight is 214 g/mol. The van der Waals surface area contributed by atoms with Crippen LogP contribution in [0.5, 0.6) is 11.5 Å². The maximum absolute atomic E-state index is 13.1. The Labute approximate surface area is 85.6 Å². The van der Waals surface area contributed by atoms with Gasteiger partial charge in [0.15, 0.2) is 11.5 Å². The zero-order valence-corrected chi connectivity index (χ0v) is 8.07. The summed E-state index contributed by atoms with van der Waals surface area (Å²) >= 11 is 0. The summed E-state index contributed by atoms with van der Waals surface area (Å²) in [5.74, 6) is -4.80. The second kappa shape index (κ2) is 4.16. The van der Waals surface area contributed by atoms with E-state index in [0.29, 0.717) is 0 Å². The molecule has 0 bridgehead atoms. The van der Waals surface area contributed by atoms with Crippen molar-refractivity contribution in [3.63, 3.8) is 0 Å². The van der Waals surface area contributed by atoms with E-state index in [2.05, 4.69) is 0 Å². The number of benzene rings is 1. The number of aliphatic carboxylic acids is 1. The summed E-state index contributed by atoms with van der Waals surface area (Å²) in [6.07, 6.45) is 0.229. The molecular weight excluding hydrogens is 203 g/mol. The highest BCUT2D eigenvalue weighted by molar-refractivity contribution is 5.77. The first kappa shape index (κ1) is 11.3. The number of carboxylic acid groups (broad SMARTS) is 1. The van der Waals surface area contributed by atoms with E-state index < -0.39 is 29.2 Å². The number of hydrogen-bond acceptors (Lipinski definition) is 3. The Balaban J connectivity index is 3.25. The van der Waals surface area contributed by atoms with Crippen LogP contribution in [-0.2, 0) is 4.79 Å². The van der Waals surface area contributed by atoms with E-state index in [1.807, 2.05) is 0 Å². The van der Waals surface area contributed by atoms with Gasteiger partial charge >= 0.3 is 5.97 Å². The fourth-order valence-corrected chi connectivity index (χ4v) is 1.38. The Morgan fingerprint density at radius 1 is 1.47 bits per heavy atom. The van der Waals surface area contributed by atoms with Crippen LogP contribution in [0.2, 0.25) is 0 Å². The Bertz CT molecular complexity index is 389. The number of carbonyl (C=O) groups is 1. The Morgan fingerprint density at radius 2 is 2.07 bits per heavy atom. The van der Waals surface area contributed by atoms with E-state index in [1.165, 1.54) is 6.07 Å². The maximum atomic E-state index is 13.1. The minimum atomic E-state index is -1.19. The second-order valence-corrected chi connectivity index (χ2v) is 3.14. The molecule has 0 aliphatic heterocycles. The number of phenolic OH excluding ortho intramolecular Hbond substituents is 2. The first-order chi connectivity index (χ1) is 6.99. The molecule has 1 unspecified atom stereocenters. The third-order valence-corrected chi connectivity index (χ3v) is 2.21. The van der Waals surface area contributed by atoms with E-state index in [0.717, 1.165) is 6.07 Å². The monoisotopic (exact) mass is 214 g/mol. The van der Waals surface area contributed by atoms with Crippen molar-refractivity contribution >= 4 is 5.97 Å². The molecule has 3 N–H and O–H groups in total. The summed E-state index contributed by atoms with van der Waals surface area (Å²) < 4.78 is 13.1. The highest BCUT2D eigenvalue weighted by Gasteiger charge is 2.23. The molecule has 0 radical (unpaired) electrons. The molecule has 0 heterocycles. The smallest absolute Gasteiger partial charge is 0.311 e. The molecule has 1 aromatic rings. The molecule has 0 aliphatic carbocycles. The van der Waals surface area contributed by atoms with Crippen LogP contribution >= 0.6 is 0 Å². The van der Waals surface area contributed by atoms with Crippen molar-refractivity contribution in [2.45, 2.75) is 19.3 Å². The summed E-state index contributed by atoms with van der Waals surface area (Å²) in [6.45, 7) is 1.61. The Hall–Kier alpha value is -1.78. The molecule has 0 saturated heterocycles. The van der Waals surface area contributed by atoms with Crippen LogP contribution in [0.25, 0.3) is 0 Å².